The Kier molecular flexibility index (Phi) is 9.84. The number of carbonyl (C=O) groups excluding carboxylic acids is 2. The van der Waals surface area contributed by atoms with Gasteiger partial charge in [-0.05, 0) is 43.0 Å². The molecule has 4 heteroatoms. The van der Waals surface area contributed by atoms with Gasteiger partial charge in [0, 0.05) is 25.1 Å². The molecule has 4 nitrogen and oxygen atoms in total. The first-order chi connectivity index (χ1) is 13.6. The van der Waals surface area contributed by atoms with Gasteiger partial charge in [0.25, 0.3) is 0 Å². The van der Waals surface area contributed by atoms with Crippen LogP contribution in [0.1, 0.15) is 62.5 Å². The summed E-state index contributed by atoms with van der Waals surface area (Å²) in [6.07, 6.45) is 7.27. The molecule has 0 atom stereocenters. The monoisotopic (exact) mass is 379 g/mol. The van der Waals surface area contributed by atoms with Gasteiger partial charge in [-0.15, -0.1) is 0 Å². The maximum Gasteiger partial charge on any atom is 0.224 e. The standard InChI is InChI=1S/C24H31N2O2/c1-20-15-17-22(18-16-20)26-24(28)14-10-5-3-2-4-9-13-23(27)25-19-21-11-7-6-8-12-21/h6-8,11-12,15-18H,1-5,9-10,13-14,19H2,(H,25,27)(H,26,28). The molecule has 0 aliphatic rings. The summed E-state index contributed by atoms with van der Waals surface area (Å²) in [6.45, 7) is 4.43. The smallest absolute Gasteiger partial charge is 0.224 e. The molecule has 2 aromatic rings. The van der Waals surface area contributed by atoms with Crippen molar-refractivity contribution in [1.82, 2.24) is 5.32 Å². The van der Waals surface area contributed by atoms with E-state index in [-0.39, 0.29) is 11.8 Å². The Bertz CT molecular complexity index is 711. The van der Waals surface area contributed by atoms with E-state index in [1.807, 2.05) is 54.6 Å². The molecule has 2 amide bonds. The van der Waals surface area contributed by atoms with Gasteiger partial charge >= 0.3 is 0 Å². The van der Waals surface area contributed by atoms with E-state index in [0.29, 0.717) is 19.4 Å². The summed E-state index contributed by atoms with van der Waals surface area (Å²) in [7, 11) is 0. The molecule has 0 fully saturated rings. The van der Waals surface area contributed by atoms with Crippen molar-refractivity contribution >= 4 is 17.5 Å². The average Bonchev–Trinajstić information content (AvgIpc) is 2.71. The highest BCUT2D eigenvalue weighted by Crippen LogP contribution is 2.12. The summed E-state index contributed by atoms with van der Waals surface area (Å²) >= 11 is 0. The lowest BCUT2D eigenvalue weighted by Crippen LogP contribution is -2.22. The van der Waals surface area contributed by atoms with Crippen molar-refractivity contribution in [3.63, 3.8) is 0 Å². The molecule has 0 saturated carbocycles. The third-order valence-electron chi connectivity index (χ3n) is 4.63. The first-order valence-electron chi connectivity index (χ1n) is 10.2. The van der Waals surface area contributed by atoms with E-state index in [1.54, 1.807) is 0 Å². The Morgan fingerprint density at radius 1 is 0.714 bits per heavy atom. The van der Waals surface area contributed by atoms with E-state index in [2.05, 4.69) is 17.6 Å². The number of amides is 2. The highest BCUT2D eigenvalue weighted by atomic mass is 16.2. The van der Waals surface area contributed by atoms with Gasteiger partial charge in [-0.25, -0.2) is 0 Å². The largest absolute Gasteiger partial charge is 0.352 e. The minimum atomic E-state index is 0.0619. The van der Waals surface area contributed by atoms with Crippen molar-refractivity contribution < 1.29 is 9.59 Å². The number of hydrogen-bond donors (Lipinski definition) is 2. The molecule has 0 heterocycles. The molecule has 0 aliphatic carbocycles. The van der Waals surface area contributed by atoms with Crippen LogP contribution < -0.4 is 10.6 Å². The quantitative estimate of drug-likeness (QED) is 0.495. The summed E-state index contributed by atoms with van der Waals surface area (Å²) in [6, 6.07) is 17.5. The molecule has 0 aliphatic heterocycles. The molecule has 0 spiro atoms. The Labute approximate surface area is 168 Å². The van der Waals surface area contributed by atoms with Crippen molar-refractivity contribution in [2.45, 2.75) is 57.9 Å². The van der Waals surface area contributed by atoms with Crippen LogP contribution in [-0.4, -0.2) is 11.8 Å². The molecule has 1 radical (unpaired) electrons. The Balaban J connectivity index is 1.42. The molecular formula is C24H31N2O2. The predicted molar refractivity (Wildman–Crippen MR) is 115 cm³/mol. The van der Waals surface area contributed by atoms with E-state index >= 15 is 0 Å². The minimum absolute atomic E-state index is 0.0619. The second-order valence-corrected chi connectivity index (χ2v) is 7.13. The fraction of sp³-hybridized carbons (Fsp3) is 0.375. The zero-order chi connectivity index (χ0) is 20.0. The summed E-state index contributed by atoms with van der Waals surface area (Å²) < 4.78 is 0. The fourth-order valence-electron chi connectivity index (χ4n) is 2.97. The highest BCUT2D eigenvalue weighted by molar-refractivity contribution is 5.90. The molecule has 2 rings (SSSR count). The summed E-state index contributed by atoms with van der Waals surface area (Å²) in [5, 5.41) is 5.86. The van der Waals surface area contributed by atoms with Crippen LogP contribution in [0, 0.1) is 6.92 Å². The molecule has 0 aromatic heterocycles. The first kappa shape index (κ1) is 21.7. The second-order valence-electron chi connectivity index (χ2n) is 7.13. The maximum absolute atomic E-state index is 11.9. The lowest BCUT2D eigenvalue weighted by atomic mass is 10.1. The lowest BCUT2D eigenvalue weighted by molar-refractivity contribution is -0.121. The molecular weight excluding hydrogens is 348 g/mol. The fourth-order valence-corrected chi connectivity index (χ4v) is 2.97. The van der Waals surface area contributed by atoms with Gasteiger partial charge in [0.2, 0.25) is 11.8 Å². The van der Waals surface area contributed by atoms with Crippen LogP contribution in [0.5, 0.6) is 0 Å². The number of anilines is 1. The molecule has 0 unspecified atom stereocenters. The van der Waals surface area contributed by atoms with E-state index in [4.69, 9.17) is 0 Å². The van der Waals surface area contributed by atoms with Crippen molar-refractivity contribution in [2.75, 3.05) is 5.32 Å². The number of hydrogen-bond acceptors (Lipinski definition) is 2. The van der Waals surface area contributed by atoms with Crippen molar-refractivity contribution in [3.8, 4) is 0 Å². The van der Waals surface area contributed by atoms with Gasteiger partial charge in [0.15, 0.2) is 0 Å². The van der Waals surface area contributed by atoms with Gasteiger partial charge in [0.1, 0.15) is 0 Å². The van der Waals surface area contributed by atoms with Gasteiger partial charge in [0.05, 0.1) is 0 Å². The van der Waals surface area contributed by atoms with Crippen molar-refractivity contribution in [2.24, 2.45) is 0 Å². The van der Waals surface area contributed by atoms with Gasteiger partial charge < -0.3 is 10.6 Å². The number of carbonyl (C=O) groups is 2. The minimum Gasteiger partial charge on any atom is -0.352 e. The predicted octanol–water partition coefficient (Wildman–Crippen LogP) is 5.24. The molecule has 0 bridgehead atoms. The van der Waals surface area contributed by atoms with Crippen LogP contribution in [0.2, 0.25) is 0 Å². The summed E-state index contributed by atoms with van der Waals surface area (Å²) in [4.78, 5) is 23.7. The van der Waals surface area contributed by atoms with Gasteiger partial charge in [-0.1, -0.05) is 68.1 Å². The van der Waals surface area contributed by atoms with Gasteiger partial charge in [-0.2, -0.15) is 0 Å². The third kappa shape index (κ3) is 9.36. The average molecular weight is 380 g/mol. The third-order valence-corrected chi connectivity index (χ3v) is 4.63. The van der Waals surface area contributed by atoms with Crippen molar-refractivity contribution in [3.05, 3.63) is 72.6 Å². The van der Waals surface area contributed by atoms with E-state index in [1.165, 1.54) is 0 Å². The van der Waals surface area contributed by atoms with Crippen LogP contribution >= 0.6 is 0 Å². The number of benzene rings is 2. The topological polar surface area (TPSA) is 58.2 Å². The summed E-state index contributed by atoms with van der Waals surface area (Å²) in [5.41, 5.74) is 2.88. The molecule has 0 saturated heterocycles. The lowest BCUT2D eigenvalue weighted by Gasteiger charge is -2.06. The Morgan fingerprint density at radius 3 is 1.93 bits per heavy atom. The normalized spacial score (nSPS) is 10.5. The van der Waals surface area contributed by atoms with Crippen LogP contribution in [0.3, 0.4) is 0 Å². The Hall–Kier alpha value is -2.62. The zero-order valence-corrected chi connectivity index (χ0v) is 16.6. The number of rotatable bonds is 12. The number of nitrogens with one attached hydrogen (secondary N) is 2. The zero-order valence-electron chi connectivity index (χ0n) is 16.6. The maximum atomic E-state index is 11.9. The van der Waals surface area contributed by atoms with Crippen LogP contribution in [-0.2, 0) is 16.1 Å². The SMILES string of the molecule is [CH2]c1ccc(NC(=O)CCCCCCCCC(=O)NCc2ccccc2)cc1. The molecule has 2 aromatic carbocycles. The van der Waals surface area contributed by atoms with Crippen LogP contribution in [0.15, 0.2) is 54.6 Å². The van der Waals surface area contributed by atoms with Crippen molar-refractivity contribution in [1.29, 1.82) is 0 Å². The van der Waals surface area contributed by atoms with Gasteiger partial charge in [-0.3, -0.25) is 9.59 Å². The van der Waals surface area contributed by atoms with E-state index in [9.17, 15) is 9.59 Å². The molecule has 2 N–H and O–H groups in total. The second kappa shape index (κ2) is 12.7. The molecule has 149 valence electrons. The number of unbranched alkanes of at least 4 members (excludes halogenated alkanes) is 5. The van der Waals surface area contributed by atoms with E-state index < -0.39 is 0 Å². The first-order valence-corrected chi connectivity index (χ1v) is 10.2. The summed E-state index contributed by atoms with van der Waals surface area (Å²) in [5.74, 6) is 0.180. The highest BCUT2D eigenvalue weighted by Gasteiger charge is 2.03. The van der Waals surface area contributed by atoms with Crippen LogP contribution in [0.4, 0.5) is 5.69 Å². The van der Waals surface area contributed by atoms with Crippen LogP contribution in [0.25, 0.3) is 0 Å². The van der Waals surface area contributed by atoms with E-state index in [0.717, 1.165) is 55.3 Å². The molecule has 28 heavy (non-hydrogen) atoms. The Morgan fingerprint density at radius 2 is 1.29 bits per heavy atom.